The monoisotopic (exact) mass is 162 g/mol. The van der Waals surface area contributed by atoms with Gasteiger partial charge in [-0.25, -0.2) is 0 Å². The molecule has 0 saturated carbocycles. The molecule has 0 spiro atoms. The van der Waals surface area contributed by atoms with Crippen LogP contribution in [0.25, 0.3) is 10.9 Å². The summed E-state index contributed by atoms with van der Waals surface area (Å²) >= 11 is 0. The topological polar surface area (TPSA) is 41.8 Å². The molecule has 2 aromatic rings. The standard InChI is InChI=1S/C8H7N.C2H7N/c1-2-4-8-7(3-1)5-6-9-8;1-2-3/h1-6,9H;2-3H2,1H3. The average Bonchev–Trinajstić information content (AvgIpc) is 2.52. The van der Waals surface area contributed by atoms with E-state index in [9.17, 15) is 0 Å². The molecular formula is C10H14N2. The summed E-state index contributed by atoms with van der Waals surface area (Å²) in [5, 5.41) is 1.28. The van der Waals surface area contributed by atoms with Crippen molar-refractivity contribution in [3.63, 3.8) is 0 Å². The van der Waals surface area contributed by atoms with Crippen LogP contribution in [0.1, 0.15) is 6.92 Å². The van der Waals surface area contributed by atoms with Gasteiger partial charge in [-0.1, -0.05) is 25.1 Å². The number of nitrogens with two attached hydrogens (primary N) is 1. The van der Waals surface area contributed by atoms with Crippen molar-refractivity contribution >= 4 is 10.9 Å². The maximum absolute atomic E-state index is 4.85. The summed E-state index contributed by atoms with van der Waals surface area (Å²) in [4.78, 5) is 3.12. The number of aromatic amines is 1. The molecule has 0 amide bonds. The lowest BCUT2D eigenvalue weighted by atomic mass is 10.3. The Labute approximate surface area is 72.4 Å². The number of fused-ring (bicyclic) bond motifs is 1. The van der Waals surface area contributed by atoms with Crippen LogP contribution in [0.2, 0.25) is 0 Å². The Hall–Kier alpha value is -1.28. The lowest BCUT2D eigenvalue weighted by molar-refractivity contribution is 1.14. The Balaban J connectivity index is 0.000000213. The molecule has 2 rings (SSSR count). The molecule has 0 saturated heterocycles. The molecule has 0 bridgehead atoms. The molecule has 0 fully saturated rings. The summed E-state index contributed by atoms with van der Waals surface area (Å²) in [6.45, 7) is 2.65. The van der Waals surface area contributed by atoms with E-state index < -0.39 is 0 Å². The van der Waals surface area contributed by atoms with Gasteiger partial charge in [0.2, 0.25) is 0 Å². The Morgan fingerprint density at radius 1 is 1.25 bits per heavy atom. The Kier molecular flexibility index (Phi) is 3.35. The van der Waals surface area contributed by atoms with Crippen LogP contribution < -0.4 is 5.73 Å². The van der Waals surface area contributed by atoms with Crippen LogP contribution >= 0.6 is 0 Å². The third-order valence-corrected chi connectivity index (χ3v) is 1.46. The molecule has 64 valence electrons. The van der Waals surface area contributed by atoms with E-state index in [1.54, 1.807) is 0 Å². The van der Waals surface area contributed by atoms with Crippen LogP contribution in [-0.2, 0) is 0 Å². The lowest BCUT2D eigenvalue weighted by Crippen LogP contribution is -1.87. The van der Waals surface area contributed by atoms with Crippen molar-refractivity contribution in [1.29, 1.82) is 0 Å². The SMILES string of the molecule is CCN.c1ccc2[nH]ccc2c1. The number of hydrogen-bond donors (Lipinski definition) is 2. The van der Waals surface area contributed by atoms with E-state index in [4.69, 9.17) is 5.73 Å². The molecule has 0 radical (unpaired) electrons. The number of nitrogens with one attached hydrogen (secondary N) is 1. The first kappa shape index (κ1) is 8.81. The van der Waals surface area contributed by atoms with Crippen LogP contribution in [-0.4, -0.2) is 11.5 Å². The smallest absolute Gasteiger partial charge is 0.0453 e. The van der Waals surface area contributed by atoms with E-state index in [-0.39, 0.29) is 0 Å². The lowest BCUT2D eigenvalue weighted by Gasteiger charge is -1.83. The number of para-hydroxylation sites is 1. The predicted molar refractivity (Wildman–Crippen MR) is 53.0 cm³/mol. The molecule has 1 aromatic heterocycles. The second-order valence-electron chi connectivity index (χ2n) is 2.47. The summed E-state index contributed by atoms with van der Waals surface area (Å²) in [6, 6.07) is 10.3. The van der Waals surface area contributed by atoms with E-state index in [0.29, 0.717) is 0 Å². The van der Waals surface area contributed by atoms with Gasteiger partial charge in [-0.2, -0.15) is 0 Å². The van der Waals surface area contributed by atoms with Crippen molar-refractivity contribution in [2.45, 2.75) is 6.92 Å². The molecule has 0 aliphatic rings. The second-order valence-corrected chi connectivity index (χ2v) is 2.47. The van der Waals surface area contributed by atoms with Crippen molar-refractivity contribution in [3.8, 4) is 0 Å². The molecule has 3 N–H and O–H groups in total. The molecule has 0 unspecified atom stereocenters. The molecule has 2 nitrogen and oxygen atoms in total. The molecule has 2 heteroatoms. The summed E-state index contributed by atoms with van der Waals surface area (Å²) < 4.78 is 0. The first-order valence-electron chi connectivity index (χ1n) is 4.10. The van der Waals surface area contributed by atoms with Crippen molar-refractivity contribution in [2.75, 3.05) is 6.54 Å². The van der Waals surface area contributed by atoms with Crippen molar-refractivity contribution in [1.82, 2.24) is 4.98 Å². The second kappa shape index (κ2) is 4.57. The fourth-order valence-corrected chi connectivity index (χ4v) is 0.995. The zero-order valence-electron chi connectivity index (χ0n) is 7.25. The minimum atomic E-state index is 0.750. The van der Waals surface area contributed by atoms with Gasteiger partial charge in [0.05, 0.1) is 0 Å². The highest BCUT2D eigenvalue weighted by Crippen LogP contribution is 2.09. The highest BCUT2D eigenvalue weighted by atomic mass is 14.6. The van der Waals surface area contributed by atoms with Gasteiger partial charge in [0, 0.05) is 11.7 Å². The van der Waals surface area contributed by atoms with E-state index in [1.807, 2.05) is 25.3 Å². The fraction of sp³-hybridized carbons (Fsp3) is 0.200. The minimum absolute atomic E-state index is 0.750. The van der Waals surface area contributed by atoms with E-state index in [0.717, 1.165) is 6.54 Å². The van der Waals surface area contributed by atoms with Gasteiger partial charge in [0.25, 0.3) is 0 Å². The summed E-state index contributed by atoms with van der Waals surface area (Å²) in [6.07, 6.45) is 1.95. The fourth-order valence-electron chi connectivity index (χ4n) is 0.995. The summed E-state index contributed by atoms with van der Waals surface area (Å²) in [7, 11) is 0. The Morgan fingerprint density at radius 2 is 1.92 bits per heavy atom. The largest absolute Gasteiger partial charge is 0.361 e. The van der Waals surface area contributed by atoms with Gasteiger partial charge in [0.1, 0.15) is 0 Å². The predicted octanol–water partition coefficient (Wildman–Crippen LogP) is 2.13. The zero-order valence-corrected chi connectivity index (χ0v) is 7.25. The molecule has 12 heavy (non-hydrogen) atoms. The van der Waals surface area contributed by atoms with Crippen LogP contribution in [0.15, 0.2) is 36.5 Å². The van der Waals surface area contributed by atoms with E-state index in [1.165, 1.54) is 10.9 Å². The molecule has 1 heterocycles. The minimum Gasteiger partial charge on any atom is -0.361 e. The quantitative estimate of drug-likeness (QED) is 0.612. The molecule has 1 aromatic carbocycles. The van der Waals surface area contributed by atoms with Crippen LogP contribution in [0.5, 0.6) is 0 Å². The van der Waals surface area contributed by atoms with E-state index in [2.05, 4.69) is 23.2 Å². The van der Waals surface area contributed by atoms with Crippen molar-refractivity contribution in [2.24, 2.45) is 5.73 Å². The van der Waals surface area contributed by atoms with Crippen LogP contribution in [0.3, 0.4) is 0 Å². The van der Waals surface area contributed by atoms with Crippen molar-refractivity contribution < 1.29 is 0 Å². The van der Waals surface area contributed by atoms with Gasteiger partial charge in [-0.3, -0.25) is 0 Å². The summed E-state index contributed by atoms with van der Waals surface area (Å²) in [5.41, 5.74) is 6.05. The molecule has 0 aliphatic heterocycles. The Bertz CT molecular complexity index is 295. The maximum Gasteiger partial charge on any atom is 0.0453 e. The third-order valence-electron chi connectivity index (χ3n) is 1.46. The molecule has 0 aliphatic carbocycles. The van der Waals surface area contributed by atoms with Gasteiger partial charge in [-0.05, 0) is 24.1 Å². The zero-order chi connectivity index (χ0) is 8.81. The van der Waals surface area contributed by atoms with Gasteiger partial charge in [-0.15, -0.1) is 0 Å². The van der Waals surface area contributed by atoms with Crippen LogP contribution in [0, 0.1) is 0 Å². The number of rotatable bonds is 0. The number of benzene rings is 1. The van der Waals surface area contributed by atoms with Gasteiger partial charge >= 0.3 is 0 Å². The molecule has 0 atom stereocenters. The maximum atomic E-state index is 4.85. The highest BCUT2D eigenvalue weighted by Gasteiger charge is 1.86. The Morgan fingerprint density at radius 3 is 2.58 bits per heavy atom. The van der Waals surface area contributed by atoms with Crippen molar-refractivity contribution in [3.05, 3.63) is 36.5 Å². The van der Waals surface area contributed by atoms with Gasteiger partial charge < -0.3 is 10.7 Å². The van der Waals surface area contributed by atoms with Gasteiger partial charge in [0.15, 0.2) is 0 Å². The highest BCUT2D eigenvalue weighted by molar-refractivity contribution is 5.78. The van der Waals surface area contributed by atoms with Crippen LogP contribution in [0.4, 0.5) is 0 Å². The number of hydrogen-bond acceptors (Lipinski definition) is 1. The first-order valence-corrected chi connectivity index (χ1v) is 4.10. The third kappa shape index (κ3) is 2.10. The molecular weight excluding hydrogens is 148 g/mol. The number of H-pyrrole nitrogens is 1. The first-order chi connectivity index (χ1) is 5.88. The summed E-state index contributed by atoms with van der Waals surface area (Å²) in [5.74, 6) is 0. The normalized spacial score (nSPS) is 9.17. The van der Waals surface area contributed by atoms with E-state index >= 15 is 0 Å². The number of aromatic nitrogens is 1. The average molecular weight is 162 g/mol.